The van der Waals surface area contributed by atoms with Crippen molar-refractivity contribution in [3.8, 4) is 5.69 Å². The summed E-state index contributed by atoms with van der Waals surface area (Å²) in [7, 11) is 0. The van der Waals surface area contributed by atoms with Crippen molar-refractivity contribution >= 4 is 11.9 Å². The zero-order valence-corrected chi connectivity index (χ0v) is 21.8. The zero-order chi connectivity index (χ0) is 26.5. The first-order chi connectivity index (χ1) is 17.5. The van der Waals surface area contributed by atoms with Gasteiger partial charge in [0.15, 0.2) is 5.78 Å². The highest BCUT2D eigenvalue weighted by Crippen LogP contribution is 2.68. The minimum absolute atomic E-state index is 0.00689. The molecule has 0 amide bonds. The van der Waals surface area contributed by atoms with E-state index in [1.54, 1.807) is 12.1 Å². The van der Waals surface area contributed by atoms with Crippen molar-refractivity contribution in [2.45, 2.75) is 58.7 Å². The largest absolute Gasteiger partial charge is 0.393 e. The van der Waals surface area contributed by atoms with Crippen molar-refractivity contribution in [1.29, 1.82) is 0 Å². The van der Waals surface area contributed by atoms with Crippen LogP contribution in [0.25, 0.3) is 11.8 Å². The van der Waals surface area contributed by atoms with Crippen molar-refractivity contribution in [1.82, 2.24) is 9.78 Å². The molecule has 196 valence electrons. The van der Waals surface area contributed by atoms with E-state index in [0.717, 1.165) is 22.5 Å². The molecule has 0 bridgehead atoms. The first-order valence-corrected chi connectivity index (χ1v) is 13.2. The van der Waals surface area contributed by atoms with Gasteiger partial charge in [0.2, 0.25) is 0 Å². The second-order valence-corrected chi connectivity index (χ2v) is 12.3. The van der Waals surface area contributed by atoms with Crippen LogP contribution in [0.5, 0.6) is 0 Å². The van der Waals surface area contributed by atoms with Gasteiger partial charge in [-0.25, -0.2) is 9.07 Å². The van der Waals surface area contributed by atoms with E-state index in [2.05, 4.69) is 31.1 Å². The number of allylic oxidation sites excluding steroid dienone is 3. The van der Waals surface area contributed by atoms with Gasteiger partial charge in [0.25, 0.3) is 0 Å². The fraction of sp³-hybridized carbons (Fsp3) is 0.533. The first-order valence-electron chi connectivity index (χ1n) is 13.2. The van der Waals surface area contributed by atoms with Crippen LogP contribution >= 0.6 is 0 Å². The van der Waals surface area contributed by atoms with Crippen LogP contribution in [0, 0.1) is 40.3 Å². The topological polar surface area (TPSA) is 95.6 Å². The average Bonchev–Trinajstić information content (AvgIpc) is 3.34. The van der Waals surface area contributed by atoms with Crippen LogP contribution in [0.4, 0.5) is 4.39 Å². The Labute approximate surface area is 216 Å². The van der Waals surface area contributed by atoms with Gasteiger partial charge in [0.1, 0.15) is 18.0 Å². The number of aromatic nitrogens is 2. The molecule has 7 heteroatoms. The Hall–Kier alpha value is -2.61. The maximum Gasteiger partial charge on any atom is 0.190 e. The summed E-state index contributed by atoms with van der Waals surface area (Å²) in [5, 5.41) is 37.8. The summed E-state index contributed by atoms with van der Waals surface area (Å²) >= 11 is 0. The summed E-state index contributed by atoms with van der Waals surface area (Å²) in [6.45, 7) is 7.44. The molecule has 4 aliphatic carbocycles. The maximum absolute atomic E-state index is 13.5. The lowest BCUT2D eigenvalue weighted by atomic mass is 9.46. The number of halogens is 1. The fourth-order valence-electron chi connectivity index (χ4n) is 8.90. The van der Waals surface area contributed by atoms with E-state index in [-0.39, 0.29) is 34.9 Å². The molecule has 1 heterocycles. The van der Waals surface area contributed by atoms with Gasteiger partial charge < -0.3 is 15.3 Å². The third kappa shape index (κ3) is 3.08. The van der Waals surface area contributed by atoms with Crippen molar-refractivity contribution in [2.75, 3.05) is 6.61 Å². The molecule has 0 saturated heterocycles. The molecule has 6 unspecified atom stereocenters. The molecule has 6 rings (SSSR count). The monoisotopic (exact) mass is 506 g/mol. The molecular formula is C30H35FN2O4. The highest BCUT2D eigenvalue weighted by Gasteiger charge is 2.70. The molecule has 6 nitrogen and oxygen atoms in total. The molecule has 8 atom stereocenters. The SMILES string of the molecule is CC1=CC2C(C(O)CC3(C)C2C[C@H](C)[C@]3(O)C(=O)CO)C2(C)Cc3cnn(-c4ccc(F)cc4)c3C=C12. The highest BCUT2D eigenvalue weighted by atomic mass is 19.1. The van der Waals surface area contributed by atoms with Crippen LogP contribution in [0.2, 0.25) is 0 Å². The number of hydrogen-bond acceptors (Lipinski definition) is 5. The van der Waals surface area contributed by atoms with Crippen LogP contribution in [0.3, 0.4) is 0 Å². The van der Waals surface area contributed by atoms with Crippen molar-refractivity contribution < 1.29 is 24.5 Å². The van der Waals surface area contributed by atoms with Crippen LogP contribution < -0.4 is 0 Å². The number of fused-ring (bicyclic) bond motifs is 6. The van der Waals surface area contributed by atoms with Gasteiger partial charge >= 0.3 is 0 Å². The van der Waals surface area contributed by atoms with E-state index in [1.807, 2.05) is 24.7 Å². The number of aliphatic hydroxyl groups excluding tert-OH is 2. The summed E-state index contributed by atoms with van der Waals surface area (Å²) in [6.07, 6.45) is 7.24. The van der Waals surface area contributed by atoms with E-state index in [4.69, 9.17) is 0 Å². The summed E-state index contributed by atoms with van der Waals surface area (Å²) in [5.74, 6) is -1.23. The lowest BCUT2D eigenvalue weighted by Gasteiger charge is -2.59. The number of aliphatic hydroxyl groups is 3. The molecule has 0 aliphatic heterocycles. The van der Waals surface area contributed by atoms with Crippen LogP contribution in [-0.4, -0.2) is 49.2 Å². The Balaban J connectivity index is 1.45. The lowest BCUT2D eigenvalue weighted by Crippen LogP contribution is -2.62. The molecule has 0 spiro atoms. The number of carbonyl (C=O) groups is 1. The minimum atomic E-state index is -1.66. The second-order valence-electron chi connectivity index (χ2n) is 12.3. The van der Waals surface area contributed by atoms with E-state index in [0.29, 0.717) is 19.3 Å². The Bertz CT molecular complexity index is 1350. The minimum Gasteiger partial charge on any atom is -0.393 e. The van der Waals surface area contributed by atoms with Crippen molar-refractivity contribution in [3.05, 3.63) is 64.8 Å². The molecule has 37 heavy (non-hydrogen) atoms. The van der Waals surface area contributed by atoms with Crippen LogP contribution in [0.1, 0.15) is 51.8 Å². The molecule has 2 aromatic rings. The summed E-state index contributed by atoms with van der Waals surface area (Å²) in [6, 6.07) is 6.30. The molecule has 1 aromatic heterocycles. The van der Waals surface area contributed by atoms with Gasteiger partial charge in [0.05, 0.1) is 23.7 Å². The van der Waals surface area contributed by atoms with E-state index < -0.39 is 29.5 Å². The van der Waals surface area contributed by atoms with Gasteiger partial charge in [-0.3, -0.25) is 4.79 Å². The molecule has 2 saturated carbocycles. The highest BCUT2D eigenvalue weighted by molar-refractivity contribution is 5.90. The third-order valence-corrected chi connectivity index (χ3v) is 10.5. The molecule has 3 N–H and O–H groups in total. The van der Waals surface area contributed by atoms with E-state index in [9.17, 15) is 24.5 Å². The zero-order valence-electron chi connectivity index (χ0n) is 21.8. The number of hydrogen-bond donors (Lipinski definition) is 3. The molecule has 0 radical (unpaired) electrons. The average molecular weight is 507 g/mol. The summed E-state index contributed by atoms with van der Waals surface area (Å²) in [5.41, 5.74) is 2.31. The first kappa shape index (κ1) is 24.7. The third-order valence-electron chi connectivity index (χ3n) is 10.5. The normalized spacial score (nSPS) is 40.2. The number of nitrogens with zero attached hydrogens (tertiary/aromatic N) is 2. The van der Waals surface area contributed by atoms with Crippen LogP contribution in [0.15, 0.2) is 47.7 Å². The van der Waals surface area contributed by atoms with Gasteiger partial charge in [-0.15, -0.1) is 0 Å². The molecule has 1 aromatic carbocycles. The molecule has 2 fully saturated rings. The van der Waals surface area contributed by atoms with Gasteiger partial charge in [-0.1, -0.05) is 32.4 Å². The van der Waals surface area contributed by atoms with E-state index >= 15 is 0 Å². The quantitative estimate of drug-likeness (QED) is 0.588. The Kier molecular flexibility index (Phi) is 5.31. The van der Waals surface area contributed by atoms with Crippen molar-refractivity contribution in [2.24, 2.45) is 34.5 Å². The number of benzene rings is 1. The van der Waals surface area contributed by atoms with Gasteiger partial charge in [-0.05, 0) is 85.4 Å². The maximum atomic E-state index is 13.5. The van der Waals surface area contributed by atoms with Gasteiger partial charge in [0, 0.05) is 16.7 Å². The Morgan fingerprint density at radius 3 is 2.62 bits per heavy atom. The smallest absolute Gasteiger partial charge is 0.190 e. The number of carbonyl (C=O) groups excluding carboxylic acids is 1. The van der Waals surface area contributed by atoms with Crippen LogP contribution in [-0.2, 0) is 11.2 Å². The standard InChI is InChI=1S/C30H35FN2O4/c1-16-9-21-23-10-17(2)30(37,26(36)15-34)29(23,4)13-25(35)27(21)28(3)12-18-14-32-33(24(18)11-22(16)28)20-7-5-19(31)6-8-20/h5-9,11,14,17,21,23,25,27,34-35,37H,10,12-13,15H2,1-4H3/t17-,21?,23?,25?,27?,28?,29?,30-/m0/s1. The molecule has 4 aliphatic rings. The Morgan fingerprint density at radius 1 is 1.24 bits per heavy atom. The lowest BCUT2D eigenvalue weighted by molar-refractivity contribution is -0.179. The predicted molar refractivity (Wildman–Crippen MR) is 137 cm³/mol. The van der Waals surface area contributed by atoms with E-state index in [1.165, 1.54) is 17.7 Å². The predicted octanol–water partition coefficient (Wildman–Crippen LogP) is 3.87. The summed E-state index contributed by atoms with van der Waals surface area (Å²) in [4.78, 5) is 12.9. The number of rotatable bonds is 3. The second kappa shape index (κ2) is 7.95. The van der Waals surface area contributed by atoms with Gasteiger partial charge in [-0.2, -0.15) is 5.10 Å². The Morgan fingerprint density at radius 2 is 1.95 bits per heavy atom. The number of ketones is 1. The summed E-state index contributed by atoms with van der Waals surface area (Å²) < 4.78 is 15.4. The molecular weight excluding hydrogens is 471 g/mol. The number of Topliss-reactive ketones (excluding diaryl/α,β-unsaturated/α-hetero) is 1. The fourth-order valence-corrected chi connectivity index (χ4v) is 8.90. The van der Waals surface area contributed by atoms with Crippen molar-refractivity contribution in [3.63, 3.8) is 0 Å².